The summed E-state index contributed by atoms with van der Waals surface area (Å²) in [6, 6.07) is 30.0. The molecule has 0 saturated heterocycles. The molecular formula is C74H86N4O. The molecule has 0 saturated carbocycles. The fourth-order valence-corrected chi connectivity index (χ4v) is 11.4. The smallest absolute Gasteiger partial charge is 0.137 e. The lowest BCUT2D eigenvalue weighted by atomic mass is 9.77. The average Bonchev–Trinajstić information content (AvgIpc) is 1.63. The number of fused-ring (bicyclic) bond motifs is 4. The molecule has 0 unspecified atom stereocenters. The fourth-order valence-electron chi connectivity index (χ4n) is 11.4. The molecule has 0 fully saturated rings. The summed E-state index contributed by atoms with van der Waals surface area (Å²) >= 11 is 0. The van der Waals surface area contributed by atoms with Crippen LogP contribution in [0.2, 0.25) is 0 Å². The number of para-hydroxylation sites is 2. The molecule has 9 aromatic rings. The molecule has 1 aliphatic rings. The van der Waals surface area contributed by atoms with Gasteiger partial charge in [0, 0.05) is 45.9 Å². The molecular weight excluding hydrogens is 961 g/mol. The number of anilines is 4. The summed E-state index contributed by atoms with van der Waals surface area (Å²) in [5.41, 5.74) is 11.9. The number of aromatic nitrogens is 2. The van der Waals surface area contributed by atoms with E-state index in [0.717, 1.165) is 64.3 Å². The van der Waals surface area contributed by atoms with Crippen LogP contribution in [0.3, 0.4) is 0 Å². The number of nitrogens with zero attached hydrogens (tertiary/aromatic N) is 4. The maximum Gasteiger partial charge on any atom is 0.137 e. The Morgan fingerprint density at radius 3 is 1.89 bits per heavy atom. The van der Waals surface area contributed by atoms with Crippen LogP contribution in [0, 0.1) is 26.2 Å². The quantitative estimate of drug-likeness (QED) is 0.108. The van der Waals surface area contributed by atoms with Crippen molar-refractivity contribution in [2.75, 3.05) is 16.5 Å². The van der Waals surface area contributed by atoms with E-state index in [4.69, 9.17) is 13.8 Å². The van der Waals surface area contributed by atoms with Gasteiger partial charge in [-0.3, -0.25) is 4.57 Å². The van der Waals surface area contributed by atoms with E-state index in [0.29, 0.717) is 50.6 Å². The second-order valence-corrected chi connectivity index (χ2v) is 26.4. The van der Waals surface area contributed by atoms with Gasteiger partial charge in [-0.25, -0.2) is 4.98 Å². The first-order valence-corrected chi connectivity index (χ1v) is 28.6. The Balaban J connectivity index is 1.18. The highest BCUT2D eigenvalue weighted by Gasteiger charge is 2.35. The molecule has 3 heterocycles. The summed E-state index contributed by atoms with van der Waals surface area (Å²) in [7, 11) is 0. The Hall–Kier alpha value is -7.11. The molecule has 0 spiro atoms. The van der Waals surface area contributed by atoms with Gasteiger partial charge in [-0.1, -0.05) is 182 Å². The zero-order valence-corrected chi connectivity index (χ0v) is 49.9. The molecule has 5 heteroatoms. The molecule has 0 aliphatic carbocycles. The molecule has 0 N–H and O–H groups in total. The van der Waals surface area contributed by atoms with Crippen LogP contribution < -0.4 is 14.5 Å². The van der Waals surface area contributed by atoms with E-state index in [1.165, 1.54) is 46.7 Å². The van der Waals surface area contributed by atoms with Crippen LogP contribution in [0.25, 0.3) is 49.9 Å². The topological polar surface area (TPSA) is 33.5 Å². The molecule has 2 aromatic heterocycles. The molecule has 0 radical (unpaired) electrons. The van der Waals surface area contributed by atoms with E-state index < -0.39 is 29.0 Å². The van der Waals surface area contributed by atoms with Crippen molar-refractivity contribution in [1.82, 2.24) is 9.55 Å². The van der Waals surface area contributed by atoms with Gasteiger partial charge in [-0.15, -0.1) is 0 Å². The van der Waals surface area contributed by atoms with E-state index in [1.807, 2.05) is 105 Å². The third-order valence-electron chi connectivity index (χ3n) is 15.8. The second-order valence-electron chi connectivity index (χ2n) is 26.4. The van der Waals surface area contributed by atoms with Gasteiger partial charge in [-0.05, 0) is 172 Å². The number of hydrogen-bond donors (Lipinski definition) is 0. The number of ether oxygens (including phenoxy) is 1. The highest BCUT2D eigenvalue weighted by Crippen LogP contribution is 2.54. The molecule has 10 rings (SSSR count). The van der Waals surface area contributed by atoms with Crippen molar-refractivity contribution in [2.45, 2.75) is 166 Å². The molecule has 0 bridgehead atoms. The summed E-state index contributed by atoms with van der Waals surface area (Å²) in [5, 5.41) is 2.41. The van der Waals surface area contributed by atoms with Crippen molar-refractivity contribution >= 4 is 44.6 Å². The minimum absolute atomic E-state index is 0.0359. The SMILES string of the molecule is [2H]c1c([2H])c([2H])c(-c2c(C)c(C)c(C)c(-c3c([2H])c(C(C)(C)C)c([2H])c(C(C)(C)C)c3[2H])c2N2CN(c3cccc(Oc4cc(CC(C)(C)C)c5c6cc(CCCCCC)ccc6n(-c6cc(C(C)(C)C)ccn6)c5c4)c3)c3ccccc32)c([2H])c1[2H]. The van der Waals surface area contributed by atoms with Crippen molar-refractivity contribution < 1.29 is 15.7 Å². The molecule has 79 heavy (non-hydrogen) atoms. The van der Waals surface area contributed by atoms with E-state index >= 15 is 0 Å². The van der Waals surface area contributed by atoms with Crippen LogP contribution in [-0.4, -0.2) is 16.2 Å². The van der Waals surface area contributed by atoms with Gasteiger partial charge in [0.1, 0.15) is 24.0 Å². The van der Waals surface area contributed by atoms with Crippen LogP contribution in [0.15, 0.2) is 146 Å². The van der Waals surface area contributed by atoms with Crippen LogP contribution >= 0.6 is 0 Å². The molecule has 5 nitrogen and oxygen atoms in total. The number of pyridine rings is 1. The van der Waals surface area contributed by atoms with E-state index in [2.05, 4.69) is 117 Å². The maximum absolute atomic E-state index is 10.2. The van der Waals surface area contributed by atoms with Crippen LogP contribution in [0.4, 0.5) is 22.7 Å². The Morgan fingerprint density at radius 2 is 1.24 bits per heavy atom. The summed E-state index contributed by atoms with van der Waals surface area (Å²) in [4.78, 5) is 9.39. The monoisotopic (exact) mass is 1050 g/mol. The number of rotatable bonds is 13. The second kappa shape index (κ2) is 21.2. The lowest BCUT2D eigenvalue weighted by molar-refractivity contribution is 0.411. The van der Waals surface area contributed by atoms with Crippen molar-refractivity contribution in [3.8, 4) is 39.6 Å². The summed E-state index contributed by atoms with van der Waals surface area (Å²) in [6.45, 7) is 33.9. The van der Waals surface area contributed by atoms with Gasteiger partial charge in [0.05, 0.1) is 39.1 Å². The number of aryl methyl sites for hydroxylation is 1. The third kappa shape index (κ3) is 11.1. The Kier molecular flexibility index (Phi) is 12.3. The van der Waals surface area contributed by atoms with Gasteiger partial charge >= 0.3 is 0 Å². The van der Waals surface area contributed by atoms with Gasteiger partial charge in [0.2, 0.25) is 0 Å². The van der Waals surface area contributed by atoms with Crippen LogP contribution in [-0.2, 0) is 29.1 Å². The zero-order valence-electron chi connectivity index (χ0n) is 57.9. The van der Waals surface area contributed by atoms with Crippen molar-refractivity contribution in [3.05, 3.63) is 190 Å². The van der Waals surface area contributed by atoms with Gasteiger partial charge in [-0.2, -0.15) is 0 Å². The molecule has 1 aliphatic heterocycles. The minimum Gasteiger partial charge on any atom is -0.457 e. The molecule has 0 atom stereocenters. The lowest BCUT2D eigenvalue weighted by Gasteiger charge is -2.32. The predicted octanol–water partition coefficient (Wildman–Crippen LogP) is 21.1. The molecule has 0 amide bonds. The van der Waals surface area contributed by atoms with E-state index in [1.54, 1.807) is 0 Å². The normalized spacial score (nSPS) is 14.7. The zero-order chi connectivity index (χ0) is 63.3. The van der Waals surface area contributed by atoms with Crippen LogP contribution in [0.5, 0.6) is 11.5 Å². The lowest BCUT2D eigenvalue weighted by Crippen LogP contribution is -2.25. The molecule has 408 valence electrons. The van der Waals surface area contributed by atoms with Crippen molar-refractivity contribution in [2.24, 2.45) is 5.41 Å². The Labute approximate surface area is 484 Å². The first-order chi connectivity index (χ1) is 40.7. The summed E-state index contributed by atoms with van der Waals surface area (Å²) in [5.74, 6) is 2.16. The first kappa shape index (κ1) is 45.7. The Morgan fingerprint density at radius 1 is 0.582 bits per heavy atom. The number of hydrogen-bond acceptors (Lipinski definition) is 4. The highest BCUT2D eigenvalue weighted by atomic mass is 16.5. The standard InChI is InChI=1S/C74H86N4O/c1-17-18-19-21-27-51-34-35-62-61(38-51)69-54(46-71(5,6)7)41-60(45-65(69)78(62)66-43-55(36-37-75-66)72(8,9)10)79-59-31-26-30-58(44-59)76-47-77(64-33-25-24-32-63(64)76)70-67(52-28-22-20-23-29-52)49(3)48(2)50(4)68(70)53-39-56(73(11,12)13)42-57(40-53)74(14,15)16/h20,22-26,28-45H,17-19,21,27,46-47H2,1-16H3/i20D,22D,23D,28D,29D,39D,40D,42D. The van der Waals surface area contributed by atoms with Gasteiger partial charge < -0.3 is 14.5 Å². The predicted molar refractivity (Wildman–Crippen MR) is 339 cm³/mol. The first-order valence-electron chi connectivity index (χ1n) is 32.6. The largest absolute Gasteiger partial charge is 0.457 e. The summed E-state index contributed by atoms with van der Waals surface area (Å²) < 4.78 is 85.4. The van der Waals surface area contributed by atoms with E-state index in [-0.39, 0.29) is 53.3 Å². The Bertz CT molecular complexity index is 4140. The van der Waals surface area contributed by atoms with Crippen molar-refractivity contribution in [1.29, 1.82) is 0 Å². The third-order valence-corrected chi connectivity index (χ3v) is 15.8. The van der Waals surface area contributed by atoms with E-state index in [9.17, 15) is 6.85 Å². The average molecular weight is 1060 g/mol. The number of unbranched alkanes of at least 4 members (excludes halogenated alkanes) is 3. The van der Waals surface area contributed by atoms with Crippen LogP contribution in [0.1, 0.15) is 171 Å². The minimum atomic E-state index is -0.671. The highest BCUT2D eigenvalue weighted by molar-refractivity contribution is 6.11. The summed E-state index contributed by atoms with van der Waals surface area (Å²) in [6.07, 6.45) is 8.52. The van der Waals surface area contributed by atoms with Gasteiger partial charge in [0.25, 0.3) is 0 Å². The van der Waals surface area contributed by atoms with Crippen molar-refractivity contribution in [3.63, 3.8) is 0 Å². The maximum atomic E-state index is 10.2. The van der Waals surface area contributed by atoms with Gasteiger partial charge in [0.15, 0.2) is 0 Å². The molecule has 7 aromatic carbocycles. The fraction of sp³-hybridized carbons (Fsp3) is 0.365. The number of benzene rings is 7.